The first-order valence-corrected chi connectivity index (χ1v) is 11.9. The fourth-order valence-corrected chi connectivity index (χ4v) is 5.88. The number of hydrogen-bond acceptors (Lipinski definition) is 5. The van der Waals surface area contributed by atoms with E-state index in [9.17, 15) is 4.79 Å². The van der Waals surface area contributed by atoms with Gasteiger partial charge in [0, 0.05) is 17.2 Å². The number of aryl methyl sites for hydroxylation is 1. The summed E-state index contributed by atoms with van der Waals surface area (Å²) in [6, 6.07) is 23.2. The number of benzene rings is 3. The number of para-hydroxylation sites is 1. The number of thioether (sulfide) groups is 2. The van der Waals surface area contributed by atoms with E-state index in [1.165, 1.54) is 17.1 Å². The molecule has 0 radical (unpaired) electrons. The molecule has 0 aliphatic carbocycles. The van der Waals surface area contributed by atoms with Crippen molar-refractivity contribution in [1.82, 2.24) is 0 Å². The topological polar surface area (TPSA) is 47.6 Å². The molecular weight excluding hydrogens is 414 g/mol. The summed E-state index contributed by atoms with van der Waals surface area (Å²) in [4.78, 5) is 12.2. The zero-order valence-electron chi connectivity index (χ0n) is 16.7. The molecule has 3 aromatic carbocycles. The molecule has 0 saturated carbocycles. The van der Waals surface area contributed by atoms with Gasteiger partial charge in [0.15, 0.2) is 6.61 Å². The highest BCUT2D eigenvalue weighted by atomic mass is 32.2. The highest BCUT2D eigenvalue weighted by Gasteiger charge is 2.18. The second-order valence-corrected chi connectivity index (χ2v) is 9.60. The van der Waals surface area contributed by atoms with Crippen LogP contribution in [-0.4, -0.2) is 24.0 Å². The van der Waals surface area contributed by atoms with Crippen molar-refractivity contribution in [2.75, 3.05) is 23.4 Å². The Hall–Kier alpha value is -2.57. The van der Waals surface area contributed by atoms with Crippen LogP contribution >= 0.6 is 23.5 Å². The van der Waals surface area contributed by atoms with Gasteiger partial charge in [0.05, 0.1) is 4.58 Å². The Morgan fingerprint density at radius 1 is 0.933 bits per heavy atom. The molecule has 0 unspecified atom stereocenters. The second-order valence-electron chi connectivity index (χ2n) is 6.87. The maximum atomic E-state index is 12.2. The molecule has 0 atom stereocenters. The zero-order chi connectivity index (χ0) is 20.8. The SMILES string of the molecule is Cc1ccccc1Oc1ccc(NC(=O)COc2ccc(C3SCCS3)cc2)cc1. The highest BCUT2D eigenvalue weighted by Crippen LogP contribution is 2.45. The molecule has 1 fully saturated rings. The van der Waals surface area contributed by atoms with Gasteiger partial charge in [0.1, 0.15) is 17.2 Å². The average Bonchev–Trinajstić information content (AvgIpc) is 3.31. The van der Waals surface area contributed by atoms with Crippen molar-refractivity contribution in [3.05, 3.63) is 83.9 Å². The van der Waals surface area contributed by atoms with Gasteiger partial charge in [-0.25, -0.2) is 0 Å². The fourth-order valence-electron chi connectivity index (χ4n) is 3.02. The minimum absolute atomic E-state index is 0.0340. The van der Waals surface area contributed by atoms with Gasteiger partial charge in [0.25, 0.3) is 5.91 Å². The van der Waals surface area contributed by atoms with Crippen molar-refractivity contribution in [3.8, 4) is 17.2 Å². The van der Waals surface area contributed by atoms with Crippen molar-refractivity contribution in [3.63, 3.8) is 0 Å². The van der Waals surface area contributed by atoms with Crippen molar-refractivity contribution in [1.29, 1.82) is 0 Å². The molecular formula is C24H23NO3S2. The standard InChI is InChI=1S/C24H23NO3S2/c1-17-4-2-3-5-22(17)28-21-12-8-19(9-13-21)25-23(26)16-27-20-10-6-18(7-11-20)24-29-14-15-30-24/h2-13,24H,14-16H2,1H3,(H,25,26). The zero-order valence-corrected chi connectivity index (χ0v) is 18.3. The lowest BCUT2D eigenvalue weighted by Crippen LogP contribution is -2.20. The first-order chi connectivity index (χ1) is 14.7. The molecule has 1 N–H and O–H groups in total. The van der Waals surface area contributed by atoms with E-state index in [1.54, 1.807) is 0 Å². The van der Waals surface area contributed by atoms with Crippen LogP contribution in [0.4, 0.5) is 5.69 Å². The van der Waals surface area contributed by atoms with Crippen LogP contribution in [0.2, 0.25) is 0 Å². The van der Waals surface area contributed by atoms with Gasteiger partial charge >= 0.3 is 0 Å². The second kappa shape index (κ2) is 9.96. The van der Waals surface area contributed by atoms with Gasteiger partial charge in [-0.3, -0.25) is 4.79 Å². The highest BCUT2D eigenvalue weighted by molar-refractivity contribution is 8.19. The van der Waals surface area contributed by atoms with Crippen LogP contribution in [0.1, 0.15) is 15.7 Å². The third kappa shape index (κ3) is 5.52. The number of ether oxygens (including phenoxy) is 2. The number of hydrogen-bond donors (Lipinski definition) is 1. The van der Waals surface area contributed by atoms with Crippen LogP contribution in [0.5, 0.6) is 17.2 Å². The molecule has 1 aliphatic rings. The van der Waals surface area contributed by atoms with E-state index in [4.69, 9.17) is 9.47 Å². The first kappa shape index (κ1) is 20.7. The molecule has 1 saturated heterocycles. The minimum atomic E-state index is -0.200. The Morgan fingerprint density at radius 2 is 1.60 bits per heavy atom. The Morgan fingerprint density at radius 3 is 2.30 bits per heavy atom. The van der Waals surface area contributed by atoms with Crippen LogP contribution in [0, 0.1) is 6.92 Å². The van der Waals surface area contributed by atoms with Crippen molar-refractivity contribution < 1.29 is 14.3 Å². The fraction of sp³-hybridized carbons (Fsp3) is 0.208. The van der Waals surface area contributed by atoms with Gasteiger partial charge in [0.2, 0.25) is 0 Å². The first-order valence-electron chi connectivity index (χ1n) is 9.77. The van der Waals surface area contributed by atoms with E-state index in [0.717, 1.165) is 17.1 Å². The summed E-state index contributed by atoms with van der Waals surface area (Å²) in [5.74, 6) is 4.44. The number of nitrogens with one attached hydrogen (secondary N) is 1. The number of rotatable bonds is 7. The van der Waals surface area contributed by atoms with Crippen molar-refractivity contribution in [2.24, 2.45) is 0 Å². The third-order valence-electron chi connectivity index (χ3n) is 4.60. The third-order valence-corrected chi connectivity index (χ3v) is 7.71. The summed E-state index contributed by atoms with van der Waals surface area (Å²) in [6.45, 7) is 1.97. The Kier molecular flexibility index (Phi) is 6.87. The molecule has 4 rings (SSSR count). The van der Waals surface area contributed by atoms with E-state index in [2.05, 4.69) is 17.4 Å². The van der Waals surface area contributed by atoms with Crippen LogP contribution in [-0.2, 0) is 4.79 Å². The van der Waals surface area contributed by atoms with Crippen LogP contribution < -0.4 is 14.8 Å². The lowest BCUT2D eigenvalue weighted by molar-refractivity contribution is -0.118. The van der Waals surface area contributed by atoms with E-state index in [-0.39, 0.29) is 12.5 Å². The smallest absolute Gasteiger partial charge is 0.262 e. The molecule has 3 aromatic rings. The lowest BCUT2D eigenvalue weighted by atomic mass is 10.2. The van der Waals surface area contributed by atoms with Gasteiger partial charge in [-0.1, -0.05) is 30.3 Å². The van der Waals surface area contributed by atoms with E-state index >= 15 is 0 Å². The predicted octanol–water partition coefficient (Wildman–Crippen LogP) is 6.28. The molecule has 154 valence electrons. The minimum Gasteiger partial charge on any atom is -0.484 e. The van der Waals surface area contributed by atoms with E-state index < -0.39 is 0 Å². The Labute approximate surface area is 185 Å². The maximum Gasteiger partial charge on any atom is 0.262 e. The molecule has 1 aliphatic heterocycles. The average molecular weight is 438 g/mol. The summed E-state index contributed by atoms with van der Waals surface area (Å²) in [6.07, 6.45) is 0. The van der Waals surface area contributed by atoms with Gasteiger partial charge in [-0.05, 0) is 60.5 Å². The molecule has 4 nitrogen and oxygen atoms in total. The molecule has 0 bridgehead atoms. The summed E-state index contributed by atoms with van der Waals surface area (Å²) in [7, 11) is 0. The number of amides is 1. The predicted molar refractivity (Wildman–Crippen MR) is 126 cm³/mol. The van der Waals surface area contributed by atoms with Crippen molar-refractivity contribution in [2.45, 2.75) is 11.5 Å². The monoisotopic (exact) mass is 437 g/mol. The van der Waals surface area contributed by atoms with Gasteiger partial charge in [-0.15, -0.1) is 23.5 Å². The summed E-state index contributed by atoms with van der Waals surface area (Å²) in [5, 5.41) is 2.84. The Balaban J connectivity index is 1.26. The van der Waals surface area contributed by atoms with Gasteiger partial charge in [-0.2, -0.15) is 0 Å². The van der Waals surface area contributed by atoms with Gasteiger partial charge < -0.3 is 14.8 Å². The maximum absolute atomic E-state index is 12.2. The summed E-state index contributed by atoms with van der Waals surface area (Å²) >= 11 is 3.94. The molecule has 0 spiro atoms. The number of anilines is 1. The van der Waals surface area contributed by atoms with E-state index in [0.29, 0.717) is 16.0 Å². The van der Waals surface area contributed by atoms with Crippen LogP contribution in [0.15, 0.2) is 72.8 Å². The van der Waals surface area contributed by atoms with Crippen LogP contribution in [0.3, 0.4) is 0 Å². The summed E-state index contributed by atoms with van der Waals surface area (Å²) < 4.78 is 12.0. The van der Waals surface area contributed by atoms with E-state index in [1.807, 2.05) is 91.1 Å². The normalized spacial score (nSPS) is 13.8. The quantitative estimate of drug-likeness (QED) is 0.471. The molecule has 1 amide bonds. The molecule has 1 heterocycles. The molecule has 6 heteroatoms. The summed E-state index contributed by atoms with van der Waals surface area (Å²) in [5.41, 5.74) is 3.07. The van der Waals surface area contributed by atoms with Crippen molar-refractivity contribution >= 4 is 35.1 Å². The lowest BCUT2D eigenvalue weighted by Gasteiger charge is -2.11. The largest absolute Gasteiger partial charge is 0.484 e. The molecule has 30 heavy (non-hydrogen) atoms. The number of carbonyl (C=O) groups excluding carboxylic acids is 1. The van der Waals surface area contributed by atoms with Crippen LogP contribution in [0.25, 0.3) is 0 Å². The molecule has 0 aromatic heterocycles. The number of carbonyl (C=O) groups is 1. The Bertz CT molecular complexity index is 984.